The lowest BCUT2D eigenvalue weighted by atomic mass is 9.90. The maximum atomic E-state index is 12.8. The molecule has 0 radical (unpaired) electrons. The summed E-state index contributed by atoms with van der Waals surface area (Å²) in [5.74, 6) is -0.0931. The van der Waals surface area contributed by atoms with E-state index in [-0.39, 0.29) is 23.8 Å². The molecule has 1 fully saturated rings. The number of hydrogen-bond acceptors (Lipinski definition) is 4. The summed E-state index contributed by atoms with van der Waals surface area (Å²) >= 11 is 1.53. The molecule has 2 amide bonds. The maximum absolute atomic E-state index is 12.8. The van der Waals surface area contributed by atoms with Gasteiger partial charge in [0.2, 0.25) is 11.8 Å². The van der Waals surface area contributed by atoms with Gasteiger partial charge in [0.05, 0.1) is 6.04 Å². The van der Waals surface area contributed by atoms with Crippen LogP contribution in [0.2, 0.25) is 0 Å². The average Bonchev–Trinajstić information content (AvgIpc) is 2.78. The van der Waals surface area contributed by atoms with E-state index in [2.05, 4.69) is 10.3 Å². The molecule has 0 bridgehead atoms. The molecule has 0 saturated carbocycles. The number of thiazole rings is 1. The van der Waals surface area contributed by atoms with E-state index < -0.39 is 11.6 Å². The Morgan fingerprint density at radius 3 is 2.43 bits per heavy atom. The quantitative estimate of drug-likeness (QED) is 0.931. The van der Waals surface area contributed by atoms with Crippen LogP contribution in [0.5, 0.6) is 0 Å². The summed E-state index contributed by atoms with van der Waals surface area (Å²) in [6.07, 6.45) is 0. The molecule has 2 unspecified atom stereocenters. The predicted molar refractivity (Wildman–Crippen MR) is 83.0 cm³/mol. The van der Waals surface area contributed by atoms with Crippen molar-refractivity contribution >= 4 is 23.2 Å². The summed E-state index contributed by atoms with van der Waals surface area (Å²) in [4.78, 5) is 31.4. The molecule has 1 aromatic rings. The number of hydrogen-bond donors (Lipinski definition) is 1. The van der Waals surface area contributed by atoms with Gasteiger partial charge in [-0.1, -0.05) is 13.8 Å². The molecule has 116 valence electrons. The van der Waals surface area contributed by atoms with Gasteiger partial charge in [-0.3, -0.25) is 9.59 Å². The Balaban J connectivity index is 2.43. The fourth-order valence-corrected chi connectivity index (χ4v) is 3.59. The zero-order chi connectivity index (χ0) is 15.9. The first-order valence-corrected chi connectivity index (χ1v) is 8.10. The van der Waals surface area contributed by atoms with Crippen molar-refractivity contribution in [3.05, 3.63) is 16.1 Å². The Morgan fingerprint density at radius 1 is 1.33 bits per heavy atom. The van der Waals surface area contributed by atoms with Crippen molar-refractivity contribution in [3.63, 3.8) is 0 Å². The van der Waals surface area contributed by atoms with E-state index in [1.54, 1.807) is 18.7 Å². The van der Waals surface area contributed by atoms with Gasteiger partial charge < -0.3 is 10.2 Å². The lowest BCUT2D eigenvalue weighted by Crippen LogP contribution is -2.69. The highest BCUT2D eigenvalue weighted by atomic mass is 32.1. The molecule has 6 heteroatoms. The van der Waals surface area contributed by atoms with E-state index in [0.717, 1.165) is 10.7 Å². The SMILES string of the molecule is Cc1csc(C(C)N2C(=O)C(C)(C)NC(=O)C2C(C)C)n1. The molecule has 1 aliphatic rings. The van der Waals surface area contributed by atoms with Crippen LogP contribution in [0.3, 0.4) is 0 Å². The van der Waals surface area contributed by atoms with Gasteiger partial charge in [-0.25, -0.2) is 4.98 Å². The first-order valence-electron chi connectivity index (χ1n) is 7.22. The van der Waals surface area contributed by atoms with Crippen LogP contribution in [0.1, 0.15) is 51.4 Å². The van der Waals surface area contributed by atoms with Crippen LogP contribution in [0.4, 0.5) is 0 Å². The van der Waals surface area contributed by atoms with Gasteiger partial charge >= 0.3 is 0 Å². The van der Waals surface area contributed by atoms with E-state index in [9.17, 15) is 9.59 Å². The van der Waals surface area contributed by atoms with Gasteiger partial charge in [-0.2, -0.15) is 0 Å². The number of aryl methyl sites for hydroxylation is 1. The number of amides is 2. The minimum Gasteiger partial charge on any atom is -0.340 e. The van der Waals surface area contributed by atoms with Crippen LogP contribution >= 0.6 is 11.3 Å². The summed E-state index contributed by atoms with van der Waals surface area (Å²) < 4.78 is 0. The standard InChI is InChI=1S/C15H23N3O2S/c1-8(2)11-12(19)17-15(5,6)14(20)18(11)10(4)13-16-9(3)7-21-13/h7-8,10-11H,1-6H3,(H,17,19). The zero-order valence-corrected chi connectivity index (χ0v) is 14.2. The second-order valence-corrected chi connectivity index (χ2v) is 7.41. The summed E-state index contributed by atoms with van der Waals surface area (Å²) in [6, 6.07) is -0.654. The molecule has 1 aromatic heterocycles. The fraction of sp³-hybridized carbons (Fsp3) is 0.667. The van der Waals surface area contributed by atoms with Crippen molar-refractivity contribution < 1.29 is 9.59 Å². The van der Waals surface area contributed by atoms with Crippen molar-refractivity contribution in [2.24, 2.45) is 5.92 Å². The molecule has 1 saturated heterocycles. The molecule has 2 atom stereocenters. The third-order valence-corrected chi connectivity index (χ3v) is 4.95. The molecule has 0 spiro atoms. The molecule has 0 aromatic carbocycles. The average molecular weight is 309 g/mol. The molecule has 2 heterocycles. The third-order valence-electron chi connectivity index (χ3n) is 3.82. The predicted octanol–water partition coefficient (Wildman–Crippen LogP) is 2.27. The van der Waals surface area contributed by atoms with Gasteiger partial charge in [0.1, 0.15) is 16.6 Å². The second kappa shape index (κ2) is 5.40. The molecule has 0 aliphatic carbocycles. The van der Waals surface area contributed by atoms with Gasteiger partial charge in [-0.05, 0) is 33.6 Å². The molecule has 1 aliphatic heterocycles. The van der Waals surface area contributed by atoms with Crippen LogP contribution in [-0.4, -0.2) is 33.3 Å². The van der Waals surface area contributed by atoms with Crippen LogP contribution in [0.25, 0.3) is 0 Å². The smallest absolute Gasteiger partial charge is 0.249 e. The van der Waals surface area contributed by atoms with Crippen molar-refractivity contribution in [1.82, 2.24) is 15.2 Å². The Morgan fingerprint density at radius 2 is 1.95 bits per heavy atom. The van der Waals surface area contributed by atoms with E-state index >= 15 is 0 Å². The topological polar surface area (TPSA) is 62.3 Å². The molecule has 2 rings (SSSR count). The maximum Gasteiger partial charge on any atom is 0.249 e. The van der Waals surface area contributed by atoms with E-state index in [0.29, 0.717) is 0 Å². The highest BCUT2D eigenvalue weighted by molar-refractivity contribution is 7.09. The highest BCUT2D eigenvalue weighted by Gasteiger charge is 2.48. The molecular weight excluding hydrogens is 286 g/mol. The minimum absolute atomic E-state index is 0.0496. The Hall–Kier alpha value is -1.43. The van der Waals surface area contributed by atoms with E-state index in [1.165, 1.54) is 11.3 Å². The molecule has 5 nitrogen and oxygen atoms in total. The van der Waals surface area contributed by atoms with Crippen LogP contribution in [0.15, 0.2) is 5.38 Å². The summed E-state index contributed by atoms with van der Waals surface area (Å²) in [5, 5.41) is 5.67. The van der Waals surface area contributed by atoms with E-state index in [4.69, 9.17) is 0 Å². The normalized spacial score (nSPS) is 23.4. The summed E-state index contributed by atoms with van der Waals surface area (Å²) in [7, 11) is 0. The van der Waals surface area contributed by atoms with Crippen molar-refractivity contribution in [2.45, 2.75) is 59.2 Å². The fourth-order valence-electron chi connectivity index (χ4n) is 2.73. The molecular formula is C15H23N3O2S. The Labute approximate surface area is 129 Å². The summed E-state index contributed by atoms with van der Waals surface area (Å²) in [5.41, 5.74) is 0.0689. The monoisotopic (exact) mass is 309 g/mol. The Bertz CT molecular complexity index is 565. The zero-order valence-electron chi connectivity index (χ0n) is 13.4. The van der Waals surface area contributed by atoms with Crippen LogP contribution in [-0.2, 0) is 9.59 Å². The number of aromatic nitrogens is 1. The highest BCUT2D eigenvalue weighted by Crippen LogP contribution is 2.32. The number of nitrogens with one attached hydrogen (secondary N) is 1. The van der Waals surface area contributed by atoms with Gasteiger partial charge in [-0.15, -0.1) is 11.3 Å². The lowest BCUT2D eigenvalue weighted by molar-refractivity contribution is -0.158. The molecule has 1 N–H and O–H groups in total. The molecule has 21 heavy (non-hydrogen) atoms. The number of rotatable bonds is 3. The third kappa shape index (κ3) is 2.81. The van der Waals surface area contributed by atoms with Crippen LogP contribution in [0, 0.1) is 12.8 Å². The number of carbonyl (C=O) groups excluding carboxylic acids is 2. The number of piperazine rings is 1. The number of nitrogens with zero attached hydrogens (tertiary/aromatic N) is 2. The minimum atomic E-state index is -0.872. The van der Waals surface area contributed by atoms with Crippen molar-refractivity contribution in [2.75, 3.05) is 0 Å². The number of carbonyl (C=O) groups is 2. The van der Waals surface area contributed by atoms with Crippen LogP contribution < -0.4 is 5.32 Å². The Kier molecular flexibility index (Phi) is 4.10. The van der Waals surface area contributed by atoms with Crippen molar-refractivity contribution in [1.29, 1.82) is 0 Å². The second-order valence-electron chi connectivity index (χ2n) is 6.52. The lowest BCUT2D eigenvalue weighted by Gasteiger charge is -2.46. The largest absolute Gasteiger partial charge is 0.340 e. The summed E-state index contributed by atoms with van der Waals surface area (Å²) in [6.45, 7) is 11.3. The first-order chi connectivity index (χ1) is 9.65. The van der Waals surface area contributed by atoms with Crippen molar-refractivity contribution in [3.8, 4) is 0 Å². The first kappa shape index (κ1) is 15.9. The van der Waals surface area contributed by atoms with Gasteiger partial charge in [0.25, 0.3) is 0 Å². The van der Waals surface area contributed by atoms with E-state index in [1.807, 2.05) is 33.1 Å². The van der Waals surface area contributed by atoms with Gasteiger partial charge in [0.15, 0.2) is 0 Å². The van der Waals surface area contributed by atoms with Gasteiger partial charge in [0, 0.05) is 11.1 Å².